The highest BCUT2D eigenvalue weighted by Crippen LogP contribution is 2.13. The Morgan fingerprint density at radius 1 is 0.605 bits per heavy atom. The van der Waals surface area contributed by atoms with Crippen molar-refractivity contribution in [1.82, 2.24) is 10.2 Å². The molecule has 0 aliphatic carbocycles. The van der Waals surface area contributed by atoms with Crippen LogP contribution in [0.2, 0.25) is 0 Å². The predicted octanol–water partition coefficient (Wildman–Crippen LogP) is 9.57. The molecule has 0 saturated carbocycles. The third kappa shape index (κ3) is 19.5. The summed E-state index contributed by atoms with van der Waals surface area (Å²) >= 11 is 0. The van der Waals surface area contributed by atoms with Gasteiger partial charge in [-0.1, -0.05) is 129 Å². The minimum Gasteiger partial charge on any atom is -0.497 e. The molecule has 0 aliphatic rings. The van der Waals surface area contributed by atoms with E-state index in [2.05, 4.69) is 24.1 Å². The van der Waals surface area contributed by atoms with Gasteiger partial charge in [0.25, 0.3) is 5.91 Å². The molecule has 0 aromatic heterocycles. The molecule has 0 atom stereocenters. The van der Waals surface area contributed by atoms with Crippen molar-refractivity contribution in [3.8, 4) is 5.75 Å². The summed E-state index contributed by atoms with van der Waals surface area (Å²) in [6.45, 7) is 8.54. The smallest absolute Gasteiger partial charge is 0.251 e. The molecule has 38 heavy (non-hydrogen) atoms. The number of rotatable bonds is 27. The number of unbranched alkanes of at least 4 members (excludes halogenated alkanes) is 18. The van der Waals surface area contributed by atoms with Crippen molar-refractivity contribution in [3.05, 3.63) is 29.8 Å². The molecule has 220 valence electrons. The van der Waals surface area contributed by atoms with E-state index in [0.717, 1.165) is 25.4 Å². The van der Waals surface area contributed by atoms with Gasteiger partial charge in [-0.2, -0.15) is 0 Å². The Hall–Kier alpha value is -1.55. The molecule has 4 heteroatoms. The van der Waals surface area contributed by atoms with Gasteiger partial charge in [-0.25, -0.2) is 0 Å². The van der Waals surface area contributed by atoms with Gasteiger partial charge >= 0.3 is 0 Å². The first-order valence-corrected chi connectivity index (χ1v) is 16.4. The number of methoxy groups -OCH3 is 1. The molecule has 0 bridgehead atoms. The molecule has 0 radical (unpaired) electrons. The van der Waals surface area contributed by atoms with Crippen LogP contribution in [-0.4, -0.2) is 44.1 Å². The second-order valence-corrected chi connectivity index (χ2v) is 11.2. The van der Waals surface area contributed by atoms with E-state index >= 15 is 0 Å². The van der Waals surface area contributed by atoms with Crippen molar-refractivity contribution < 1.29 is 9.53 Å². The molecular formula is C34H62N2O2. The number of amides is 1. The van der Waals surface area contributed by atoms with E-state index in [1.807, 2.05) is 24.3 Å². The van der Waals surface area contributed by atoms with Crippen molar-refractivity contribution in [1.29, 1.82) is 0 Å². The third-order valence-electron chi connectivity index (χ3n) is 7.72. The van der Waals surface area contributed by atoms with E-state index in [1.165, 1.54) is 128 Å². The first-order chi connectivity index (χ1) is 18.7. The van der Waals surface area contributed by atoms with Gasteiger partial charge in [0.2, 0.25) is 0 Å². The molecule has 0 heterocycles. The zero-order chi connectivity index (χ0) is 27.5. The maximum atomic E-state index is 12.5. The molecule has 1 N–H and O–H groups in total. The van der Waals surface area contributed by atoms with Crippen LogP contribution in [0.3, 0.4) is 0 Å². The summed E-state index contributed by atoms with van der Waals surface area (Å²) in [5.41, 5.74) is 0.696. The van der Waals surface area contributed by atoms with E-state index in [4.69, 9.17) is 4.74 Å². The molecule has 0 saturated heterocycles. The van der Waals surface area contributed by atoms with Crippen LogP contribution < -0.4 is 10.1 Å². The van der Waals surface area contributed by atoms with Gasteiger partial charge in [0.05, 0.1) is 7.11 Å². The molecular weight excluding hydrogens is 468 g/mol. The number of carbonyl (C=O) groups excluding carboxylic acids is 1. The summed E-state index contributed by atoms with van der Waals surface area (Å²) in [7, 11) is 1.65. The van der Waals surface area contributed by atoms with E-state index in [0.29, 0.717) is 12.1 Å². The van der Waals surface area contributed by atoms with Crippen molar-refractivity contribution in [2.24, 2.45) is 0 Å². The third-order valence-corrected chi connectivity index (χ3v) is 7.72. The average molecular weight is 531 g/mol. The SMILES string of the molecule is CCCCCCCCCCCCN(CCCCCCCCCCCC)CCNC(=O)c1ccc(OC)cc1. The van der Waals surface area contributed by atoms with Gasteiger partial charge in [-0.3, -0.25) is 4.79 Å². The van der Waals surface area contributed by atoms with Gasteiger partial charge in [0, 0.05) is 18.7 Å². The van der Waals surface area contributed by atoms with Gasteiger partial charge < -0.3 is 15.0 Å². The molecule has 1 aromatic carbocycles. The van der Waals surface area contributed by atoms with Crippen molar-refractivity contribution in [2.45, 2.75) is 142 Å². The predicted molar refractivity (Wildman–Crippen MR) is 165 cm³/mol. The zero-order valence-corrected chi connectivity index (χ0v) is 25.5. The minimum absolute atomic E-state index is 0.00507. The van der Waals surface area contributed by atoms with Crippen LogP contribution in [0.1, 0.15) is 153 Å². The highest BCUT2D eigenvalue weighted by atomic mass is 16.5. The fourth-order valence-electron chi connectivity index (χ4n) is 5.15. The Bertz CT molecular complexity index is 622. The Balaban J connectivity index is 2.26. The van der Waals surface area contributed by atoms with Crippen molar-refractivity contribution >= 4 is 5.91 Å². The molecule has 1 aromatic rings. The lowest BCUT2D eigenvalue weighted by atomic mass is 10.1. The average Bonchev–Trinajstić information content (AvgIpc) is 2.94. The molecule has 1 amide bonds. The lowest BCUT2D eigenvalue weighted by Gasteiger charge is -2.22. The van der Waals surface area contributed by atoms with E-state index in [1.54, 1.807) is 7.11 Å². The summed E-state index contributed by atoms with van der Waals surface area (Å²) in [5, 5.41) is 3.12. The Kier molecular flexibility index (Phi) is 23.3. The highest BCUT2D eigenvalue weighted by Gasteiger charge is 2.08. The van der Waals surface area contributed by atoms with E-state index in [9.17, 15) is 4.79 Å². The number of hydrogen-bond donors (Lipinski definition) is 1. The number of carbonyl (C=O) groups is 1. The molecule has 0 unspecified atom stereocenters. The topological polar surface area (TPSA) is 41.6 Å². The first kappa shape index (κ1) is 34.5. The summed E-state index contributed by atoms with van der Waals surface area (Å²) < 4.78 is 5.20. The maximum absolute atomic E-state index is 12.5. The van der Waals surface area contributed by atoms with Gasteiger partial charge in [-0.15, -0.1) is 0 Å². The molecule has 0 fully saturated rings. The fourth-order valence-corrected chi connectivity index (χ4v) is 5.15. The van der Waals surface area contributed by atoms with Crippen molar-refractivity contribution in [3.63, 3.8) is 0 Å². The molecule has 0 aliphatic heterocycles. The Morgan fingerprint density at radius 2 is 1.00 bits per heavy atom. The standard InChI is InChI=1S/C34H62N2O2/c1-4-6-8-10-12-14-16-18-20-22-29-36(30-23-21-19-17-15-13-11-9-7-5-2)31-28-35-34(37)32-24-26-33(38-3)27-25-32/h24-27H,4-23,28-31H2,1-3H3,(H,35,37). The Morgan fingerprint density at radius 3 is 1.39 bits per heavy atom. The first-order valence-electron chi connectivity index (χ1n) is 16.4. The lowest BCUT2D eigenvalue weighted by molar-refractivity contribution is 0.0948. The van der Waals surface area contributed by atoms with Crippen LogP contribution in [0, 0.1) is 0 Å². The van der Waals surface area contributed by atoms with Crippen LogP contribution in [-0.2, 0) is 0 Å². The number of ether oxygens (including phenoxy) is 1. The summed E-state index contributed by atoms with van der Waals surface area (Å²) in [6, 6.07) is 7.36. The minimum atomic E-state index is 0.00507. The second kappa shape index (κ2) is 25.7. The van der Waals surface area contributed by atoms with Crippen LogP contribution in [0.15, 0.2) is 24.3 Å². The quantitative estimate of drug-likeness (QED) is 0.115. The maximum Gasteiger partial charge on any atom is 0.251 e. The number of benzene rings is 1. The zero-order valence-electron chi connectivity index (χ0n) is 25.5. The normalized spacial score (nSPS) is 11.3. The number of nitrogens with one attached hydrogen (secondary N) is 1. The van der Waals surface area contributed by atoms with E-state index < -0.39 is 0 Å². The van der Waals surface area contributed by atoms with Crippen LogP contribution >= 0.6 is 0 Å². The summed E-state index contributed by atoms with van der Waals surface area (Å²) in [5.74, 6) is 0.784. The Labute approximate surface area is 236 Å². The fraction of sp³-hybridized carbons (Fsp3) is 0.794. The molecule has 4 nitrogen and oxygen atoms in total. The van der Waals surface area contributed by atoms with E-state index in [-0.39, 0.29) is 5.91 Å². The van der Waals surface area contributed by atoms with Gasteiger partial charge in [0.15, 0.2) is 0 Å². The van der Waals surface area contributed by atoms with Crippen LogP contribution in [0.25, 0.3) is 0 Å². The van der Waals surface area contributed by atoms with Crippen molar-refractivity contribution in [2.75, 3.05) is 33.3 Å². The summed E-state index contributed by atoms with van der Waals surface area (Å²) in [6.07, 6.45) is 27.5. The summed E-state index contributed by atoms with van der Waals surface area (Å²) in [4.78, 5) is 15.1. The largest absolute Gasteiger partial charge is 0.497 e. The number of nitrogens with zero attached hydrogens (tertiary/aromatic N) is 1. The molecule has 1 rings (SSSR count). The monoisotopic (exact) mass is 530 g/mol. The van der Waals surface area contributed by atoms with Gasteiger partial charge in [-0.05, 0) is 50.2 Å². The number of hydrogen-bond acceptors (Lipinski definition) is 3. The lowest BCUT2D eigenvalue weighted by Crippen LogP contribution is -2.36. The van der Waals surface area contributed by atoms with Crippen LogP contribution in [0.5, 0.6) is 5.75 Å². The van der Waals surface area contributed by atoms with Crippen LogP contribution in [0.4, 0.5) is 0 Å². The highest BCUT2D eigenvalue weighted by molar-refractivity contribution is 5.94. The molecule has 0 spiro atoms. The van der Waals surface area contributed by atoms with Gasteiger partial charge in [0.1, 0.15) is 5.75 Å². The second-order valence-electron chi connectivity index (χ2n) is 11.2.